The number of benzene rings is 2. The first-order valence-electron chi connectivity index (χ1n) is 17.8. The third-order valence-electron chi connectivity index (χ3n) is 11.9. The van der Waals surface area contributed by atoms with E-state index in [1.165, 1.54) is 29.6 Å². The third-order valence-corrected chi connectivity index (χ3v) is 21.4. The van der Waals surface area contributed by atoms with Crippen LogP contribution in [0.4, 0.5) is 0 Å². The van der Waals surface area contributed by atoms with Gasteiger partial charge in [0.1, 0.15) is 5.60 Å². The molecule has 250 valence electrons. The van der Waals surface area contributed by atoms with Crippen LogP contribution in [0.2, 0.25) is 23.2 Å². The minimum absolute atomic E-state index is 0.0290. The lowest BCUT2D eigenvalue weighted by atomic mass is 9.56. The molecule has 1 heterocycles. The van der Waals surface area contributed by atoms with Crippen molar-refractivity contribution in [3.8, 4) is 0 Å². The van der Waals surface area contributed by atoms with E-state index in [0.29, 0.717) is 17.8 Å². The van der Waals surface area contributed by atoms with Crippen molar-refractivity contribution in [2.24, 2.45) is 17.8 Å². The zero-order valence-corrected chi connectivity index (χ0v) is 32.1. The van der Waals surface area contributed by atoms with Gasteiger partial charge in [0.15, 0.2) is 14.1 Å². The Hall–Kier alpha value is -1.29. The first-order chi connectivity index (χ1) is 21.0. The van der Waals surface area contributed by atoms with Gasteiger partial charge < -0.3 is 18.3 Å². The molecule has 1 saturated heterocycles. The van der Waals surface area contributed by atoms with E-state index in [0.717, 1.165) is 38.9 Å². The molecule has 2 aromatic rings. The SMILES string of the molecule is CC1(C)O[C@@H]2CC[C@@H](CO[Si](c3ccccc3)(c3ccccc3)C(C)(C)C)C3CCC[C@@H](CCCO[Si](C)(C)C(C)(C)C)[C@]32O1. The van der Waals surface area contributed by atoms with Gasteiger partial charge in [0.25, 0.3) is 8.32 Å². The summed E-state index contributed by atoms with van der Waals surface area (Å²) in [5, 5.41) is 2.92. The van der Waals surface area contributed by atoms with Crippen LogP contribution in [0.15, 0.2) is 60.7 Å². The van der Waals surface area contributed by atoms with Gasteiger partial charge in [0.05, 0.1) is 6.10 Å². The molecule has 2 aliphatic carbocycles. The van der Waals surface area contributed by atoms with Gasteiger partial charge in [-0.15, -0.1) is 0 Å². The molecule has 6 heteroatoms. The molecule has 0 aromatic heterocycles. The average molecular weight is 651 g/mol. The van der Waals surface area contributed by atoms with Crippen molar-refractivity contribution in [1.82, 2.24) is 0 Å². The normalized spacial score (nSPS) is 28.8. The van der Waals surface area contributed by atoms with Crippen LogP contribution in [0.1, 0.15) is 100 Å². The number of rotatable bonds is 10. The molecular formula is C39H62O4Si2. The molecule has 3 aliphatic rings. The summed E-state index contributed by atoms with van der Waals surface area (Å²) in [5.41, 5.74) is -0.240. The molecule has 3 fully saturated rings. The van der Waals surface area contributed by atoms with Crippen molar-refractivity contribution in [2.45, 2.75) is 141 Å². The molecule has 0 amide bonds. The van der Waals surface area contributed by atoms with Crippen molar-refractivity contribution in [3.05, 3.63) is 60.7 Å². The van der Waals surface area contributed by atoms with Gasteiger partial charge >= 0.3 is 0 Å². The van der Waals surface area contributed by atoms with Gasteiger partial charge in [-0.25, -0.2) is 0 Å². The second-order valence-electron chi connectivity index (χ2n) is 17.3. The van der Waals surface area contributed by atoms with E-state index < -0.39 is 22.4 Å². The van der Waals surface area contributed by atoms with Crippen molar-refractivity contribution >= 4 is 27.0 Å². The summed E-state index contributed by atoms with van der Waals surface area (Å²) in [5.74, 6) is 0.828. The molecule has 0 N–H and O–H groups in total. The molecule has 1 unspecified atom stereocenters. The van der Waals surface area contributed by atoms with Crippen LogP contribution in [-0.4, -0.2) is 47.3 Å². The summed E-state index contributed by atoms with van der Waals surface area (Å²) in [6.07, 6.45) is 8.24. The first kappa shape index (κ1) is 35.0. The van der Waals surface area contributed by atoms with Gasteiger partial charge in [-0.05, 0) is 104 Å². The summed E-state index contributed by atoms with van der Waals surface area (Å²) < 4.78 is 28.2. The zero-order chi connectivity index (χ0) is 32.7. The summed E-state index contributed by atoms with van der Waals surface area (Å²) in [6.45, 7) is 24.8. The Morgan fingerprint density at radius 3 is 1.93 bits per heavy atom. The predicted octanol–water partition coefficient (Wildman–Crippen LogP) is 9.08. The van der Waals surface area contributed by atoms with Crippen molar-refractivity contribution in [3.63, 3.8) is 0 Å². The number of hydrogen-bond donors (Lipinski definition) is 0. The maximum Gasteiger partial charge on any atom is 0.261 e. The second-order valence-corrected chi connectivity index (χ2v) is 26.4. The van der Waals surface area contributed by atoms with Crippen LogP contribution in [-0.2, 0) is 18.3 Å². The molecule has 4 nitrogen and oxygen atoms in total. The predicted molar refractivity (Wildman–Crippen MR) is 192 cm³/mol. The molecule has 5 atom stereocenters. The van der Waals surface area contributed by atoms with Crippen LogP contribution in [0.5, 0.6) is 0 Å². The fourth-order valence-electron chi connectivity index (χ4n) is 8.84. The van der Waals surface area contributed by atoms with E-state index in [9.17, 15) is 0 Å². The van der Waals surface area contributed by atoms with E-state index in [1.807, 2.05) is 0 Å². The highest BCUT2D eigenvalue weighted by atomic mass is 28.4. The Morgan fingerprint density at radius 2 is 1.38 bits per heavy atom. The fourth-order valence-corrected chi connectivity index (χ4v) is 14.5. The first-order valence-corrected chi connectivity index (χ1v) is 22.6. The smallest absolute Gasteiger partial charge is 0.261 e. The quantitative estimate of drug-likeness (QED) is 0.190. The molecule has 5 rings (SSSR count). The summed E-state index contributed by atoms with van der Waals surface area (Å²) in [4.78, 5) is 0. The second kappa shape index (κ2) is 13.0. The summed E-state index contributed by atoms with van der Waals surface area (Å²) in [6, 6.07) is 22.2. The van der Waals surface area contributed by atoms with E-state index in [4.69, 9.17) is 18.3 Å². The highest BCUT2D eigenvalue weighted by Gasteiger charge is 2.65. The summed E-state index contributed by atoms with van der Waals surface area (Å²) in [7, 11) is -4.37. The molecule has 2 saturated carbocycles. The van der Waals surface area contributed by atoms with Gasteiger partial charge in [0.2, 0.25) is 0 Å². The number of ether oxygens (including phenoxy) is 2. The molecular weight excluding hydrogens is 589 g/mol. The standard InChI is InChI=1S/C39H62O4Si2/c1-36(2,3)44(9,10)40-28-18-20-31-19-17-25-34-30(26-27-35-39(31,34)43-38(7,8)42-35)29-41-45(37(4,5)6,32-21-13-11-14-22-32)33-23-15-12-16-24-33/h11-16,21-24,30-31,34-35H,17-20,25-29H2,1-10H3/t30-,31-,34?,35+,39-/m0/s1. The molecule has 0 bridgehead atoms. The van der Waals surface area contributed by atoms with Crippen LogP contribution in [0.3, 0.4) is 0 Å². The van der Waals surface area contributed by atoms with Crippen molar-refractivity contribution in [2.75, 3.05) is 13.2 Å². The Bertz CT molecular complexity index is 1210. The Kier molecular flexibility index (Phi) is 10.1. The van der Waals surface area contributed by atoms with E-state index in [1.54, 1.807) is 0 Å². The highest BCUT2D eigenvalue weighted by Crippen LogP contribution is 2.59. The Morgan fingerprint density at radius 1 is 0.778 bits per heavy atom. The third kappa shape index (κ3) is 6.71. The van der Waals surface area contributed by atoms with Crippen molar-refractivity contribution < 1.29 is 18.3 Å². The lowest BCUT2D eigenvalue weighted by molar-refractivity contribution is -0.208. The zero-order valence-electron chi connectivity index (χ0n) is 30.1. The topological polar surface area (TPSA) is 36.9 Å². The molecule has 45 heavy (non-hydrogen) atoms. The van der Waals surface area contributed by atoms with E-state index >= 15 is 0 Å². The maximum absolute atomic E-state index is 7.58. The molecule has 1 spiro atoms. The van der Waals surface area contributed by atoms with Crippen LogP contribution < -0.4 is 10.4 Å². The number of hydrogen-bond acceptors (Lipinski definition) is 4. The molecule has 0 radical (unpaired) electrons. The summed E-state index contributed by atoms with van der Waals surface area (Å²) >= 11 is 0. The maximum atomic E-state index is 7.58. The van der Waals surface area contributed by atoms with Crippen molar-refractivity contribution in [1.29, 1.82) is 0 Å². The fraction of sp³-hybridized carbons (Fsp3) is 0.692. The van der Waals surface area contributed by atoms with Crippen LogP contribution in [0, 0.1) is 17.8 Å². The lowest BCUT2D eigenvalue weighted by Crippen LogP contribution is -2.67. The monoisotopic (exact) mass is 650 g/mol. The van der Waals surface area contributed by atoms with Gasteiger partial charge in [0, 0.05) is 13.2 Å². The minimum atomic E-state index is -2.62. The van der Waals surface area contributed by atoms with Crippen LogP contribution >= 0.6 is 0 Å². The lowest BCUT2D eigenvalue weighted by Gasteiger charge is -2.55. The Balaban J connectivity index is 1.42. The van der Waals surface area contributed by atoms with Gasteiger partial charge in [-0.1, -0.05) is 109 Å². The van der Waals surface area contributed by atoms with E-state index in [2.05, 4.69) is 129 Å². The molecule has 2 aromatic carbocycles. The average Bonchev–Trinajstić information content (AvgIpc) is 3.25. The Labute approximate surface area is 277 Å². The highest BCUT2D eigenvalue weighted by molar-refractivity contribution is 6.99. The molecule has 1 aliphatic heterocycles. The minimum Gasteiger partial charge on any atom is -0.417 e. The van der Waals surface area contributed by atoms with Gasteiger partial charge in [-0.2, -0.15) is 0 Å². The van der Waals surface area contributed by atoms with Crippen LogP contribution in [0.25, 0.3) is 0 Å². The van der Waals surface area contributed by atoms with Gasteiger partial charge in [-0.3, -0.25) is 0 Å². The van der Waals surface area contributed by atoms with E-state index in [-0.39, 0.29) is 21.8 Å². The largest absolute Gasteiger partial charge is 0.417 e.